The van der Waals surface area contributed by atoms with Gasteiger partial charge < -0.3 is 20.3 Å². The summed E-state index contributed by atoms with van der Waals surface area (Å²) in [4.78, 5) is 0. The number of methoxy groups -OCH3 is 1. The molecule has 0 aromatic heterocycles. The van der Waals surface area contributed by atoms with Crippen molar-refractivity contribution < 1.29 is 14.9 Å². The molecular weight excluding hydrogens is 302 g/mol. The summed E-state index contributed by atoms with van der Waals surface area (Å²) in [5, 5.41) is 21.8. The van der Waals surface area contributed by atoms with Gasteiger partial charge in [0.05, 0.1) is 19.8 Å². The lowest BCUT2D eigenvalue weighted by Crippen LogP contribution is -2.48. The van der Waals surface area contributed by atoms with Gasteiger partial charge in [-0.05, 0) is 79.9 Å². The lowest BCUT2D eigenvalue weighted by Gasteiger charge is -2.57. The van der Waals surface area contributed by atoms with E-state index >= 15 is 0 Å². The van der Waals surface area contributed by atoms with E-state index in [-0.39, 0.29) is 12.0 Å². The van der Waals surface area contributed by atoms with Crippen molar-refractivity contribution in [2.75, 3.05) is 25.6 Å². The van der Waals surface area contributed by atoms with Gasteiger partial charge in [-0.25, -0.2) is 0 Å². The minimum absolute atomic E-state index is 0.217. The van der Waals surface area contributed by atoms with Crippen molar-refractivity contribution in [3.05, 3.63) is 23.8 Å². The third kappa shape index (κ3) is 2.80. The van der Waals surface area contributed by atoms with Crippen LogP contribution in [0, 0.1) is 17.8 Å². The Morgan fingerprint density at radius 2 is 1.79 bits per heavy atom. The molecule has 132 valence electrons. The van der Waals surface area contributed by atoms with Gasteiger partial charge in [-0.15, -0.1) is 0 Å². The van der Waals surface area contributed by atoms with Gasteiger partial charge in [0.1, 0.15) is 5.75 Å². The molecule has 24 heavy (non-hydrogen) atoms. The predicted octanol–water partition coefficient (Wildman–Crippen LogP) is 2.93. The van der Waals surface area contributed by atoms with Crippen molar-refractivity contribution in [2.24, 2.45) is 17.8 Å². The number of aliphatic hydroxyl groups excluding tert-OH is 2. The van der Waals surface area contributed by atoms with Crippen LogP contribution < -0.4 is 10.1 Å². The Morgan fingerprint density at radius 3 is 2.33 bits per heavy atom. The second kappa shape index (κ2) is 6.23. The average molecular weight is 331 g/mol. The Bertz CT molecular complexity index is 565. The van der Waals surface area contributed by atoms with E-state index in [1.807, 2.05) is 6.07 Å². The standard InChI is InChI=1S/C20H29NO3/c1-24-19-3-2-16(21-11-17(23)12-22)7-18(19)20-8-13-4-14(9-20)6-15(5-13)10-20/h2-3,7,13-15,17,21-23H,4-6,8-12H2,1H3. The molecule has 4 fully saturated rings. The van der Waals surface area contributed by atoms with Crippen LogP contribution in [0.25, 0.3) is 0 Å². The topological polar surface area (TPSA) is 61.7 Å². The molecule has 4 aliphatic rings. The van der Waals surface area contributed by atoms with E-state index in [2.05, 4.69) is 17.4 Å². The zero-order chi connectivity index (χ0) is 16.7. The van der Waals surface area contributed by atoms with Gasteiger partial charge in [-0.3, -0.25) is 0 Å². The van der Waals surface area contributed by atoms with Crippen molar-refractivity contribution in [1.29, 1.82) is 0 Å². The highest BCUT2D eigenvalue weighted by atomic mass is 16.5. The number of anilines is 1. The predicted molar refractivity (Wildman–Crippen MR) is 94.4 cm³/mol. The van der Waals surface area contributed by atoms with Crippen LogP contribution in [0.2, 0.25) is 0 Å². The Labute approximate surface area is 144 Å². The molecule has 3 N–H and O–H groups in total. The molecule has 0 aliphatic heterocycles. The molecule has 1 aromatic carbocycles. The third-order valence-corrected chi connectivity index (χ3v) is 6.56. The maximum Gasteiger partial charge on any atom is 0.122 e. The minimum atomic E-state index is -0.727. The van der Waals surface area contributed by atoms with Gasteiger partial charge in [-0.1, -0.05) is 0 Å². The molecule has 4 aliphatic carbocycles. The van der Waals surface area contributed by atoms with E-state index in [1.54, 1.807) is 7.11 Å². The molecule has 1 unspecified atom stereocenters. The first-order valence-corrected chi connectivity index (χ1v) is 9.33. The number of ether oxygens (including phenoxy) is 1. The molecule has 0 radical (unpaired) electrons. The second-order valence-electron chi connectivity index (χ2n) is 8.33. The highest BCUT2D eigenvalue weighted by Gasteiger charge is 2.52. The number of hydrogen-bond donors (Lipinski definition) is 3. The average Bonchev–Trinajstić information content (AvgIpc) is 2.58. The lowest BCUT2D eigenvalue weighted by atomic mass is 9.48. The van der Waals surface area contributed by atoms with Gasteiger partial charge >= 0.3 is 0 Å². The van der Waals surface area contributed by atoms with Gasteiger partial charge in [0, 0.05) is 17.8 Å². The van der Waals surface area contributed by atoms with Gasteiger partial charge in [0.15, 0.2) is 0 Å². The molecule has 4 bridgehead atoms. The first kappa shape index (κ1) is 16.2. The molecule has 4 saturated carbocycles. The van der Waals surface area contributed by atoms with Gasteiger partial charge in [0.25, 0.3) is 0 Å². The van der Waals surface area contributed by atoms with Crippen LogP contribution in [0.15, 0.2) is 18.2 Å². The van der Waals surface area contributed by atoms with E-state index in [4.69, 9.17) is 9.84 Å². The van der Waals surface area contributed by atoms with Crippen LogP contribution in [0.4, 0.5) is 5.69 Å². The molecule has 1 aromatic rings. The van der Waals surface area contributed by atoms with Crippen molar-refractivity contribution >= 4 is 5.69 Å². The van der Waals surface area contributed by atoms with E-state index in [0.29, 0.717) is 6.54 Å². The lowest BCUT2D eigenvalue weighted by molar-refractivity contribution is -0.00613. The van der Waals surface area contributed by atoms with Crippen molar-refractivity contribution in [3.8, 4) is 5.75 Å². The Morgan fingerprint density at radius 1 is 1.17 bits per heavy atom. The van der Waals surface area contributed by atoms with Crippen LogP contribution in [0.5, 0.6) is 5.75 Å². The van der Waals surface area contributed by atoms with E-state index in [0.717, 1.165) is 29.2 Å². The SMILES string of the molecule is COc1ccc(NCC(O)CO)cc1C12CC3CC(CC(C3)C1)C2. The summed E-state index contributed by atoms with van der Waals surface area (Å²) < 4.78 is 5.72. The zero-order valence-electron chi connectivity index (χ0n) is 14.5. The van der Waals surface area contributed by atoms with E-state index in [1.165, 1.54) is 44.1 Å². The highest BCUT2D eigenvalue weighted by molar-refractivity contribution is 5.54. The molecular formula is C20H29NO3. The molecule has 0 spiro atoms. The maximum absolute atomic E-state index is 9.58. The number of rotatable bonds is 6. The van der Waals surface area contributed by atoms with Crippen LogP contribution in [0.3, 0.4) is 0 Å². The highest BCUT2D eigenvalue weighted by Crippen LogP contribution is 2.62. The Balaban J connectivity index is 1.63. The largest absolute Gasteiger partial charge is 0.496 e. The number of benzene rings is 1. The summed E-state index contributed by atoms with van der Waals surface area (Å²) in [7, 11) is 1.77. The molecule has 1 atom stereocenters. The smallest absolute Gasteiger partial charge is 0.122 e. The Hall–Kier alpha value is -1.26. The Kier molecular flexibility index (Phi) is 4.21. The fraction of sp³-hybridized carbons (Fsp3) is 0.700. The molecule has 5 rings (SSSR count). The second-order valence-corrected chi connectivity index (χ2v) is 8.33. The minimum Gasteiger partial charge on any atom is -0.496 e. The molecule has 4 heteroatoms. The summed E-state index contributed by atoms with van der Waals surface area (Å²) in [6.07, 6.45) is 7.48. The van der Waals surface area contributed by atoms with Crippen LogP contribution in [-0.2, 0) is 5.41 Å². The molecule has 4 nitrogen and oxygen atoms in total. The zero-order valence-corrected chi connectivity index (χ0v) is 14.5. The summed E-state index contributed by atoms with van der Waals surface area (Å²) in [6.45, 7) is 0.147. The van der Waals surface area contributed by atoms with E-state index < -0.39 is 6.10 Å². The van der Waals surface area contributed by atoms with Crippen LogP contribution in [-0.4, -0.2) is 36.6 Å². The fourth-order valence-corrected chi connectivity index (χ4v) is 5.97. The van der Waals surface area contributed by atoms with Gasteiger partial charge in [-0.2, -0.15) is 0 Å². The van der Waals surface area contributed by atoms with Gasteiger partial charge in [0.2, 0.25) is 0 Å². The maximum atomic E-state index is 9.58. The summed E-state index contributed by atoms with van der Waals surface area (Å²) in [6, 6.07) is 6.30. The van der Waals surface area contributed by atoms with Crippen molar-refractivity contribution in [3.63, 3.8) is 0 Å². The summed E-state index contributed by atoms with van der Waals surface area (Å²) >= 11 is 0. The van der Waals surface area contributed by atoms with Crippen molar-refractivity contribution in [1.82, 2.24) is 0 Å². The molecule has 0 heterocycles. The summed E-state index contributed by atoms with van der Waals surface area (Å²) in [5.41, 5.74) is 2.65. The van der Waals surface area contributed by atoms with E-state index in [9.17, 15) is 5.11 Å². The number of nitrogens with one attached hydrogen (secondary N) is 1. The summed E-state index contributed by atoms with van der Waals surface area (Å²) in [5.74, 6) is 3.70. The van der Waals surface area contributed by atoms with Crippen LogP contribution in [0.1, 0.15) is 44.1 Å². The normalized spacial score (nSPS) is 35.0. The van der Waals surface area contributed by atoms with Crippen LogP contribution >= 0.6 is 0 Å². The number of aliphatic hydroxyl groups is 2. The number of hydrogen-bond acceptors (Lipinski definition) is 4. The monoisotopic (exact) mass is 331 g/mol. The molecule has 0 amide bonds. The quantitative estimate of drug-likeness (QED) is 0.750. The first-order chi connectivity index (χ1) is 11.6. The third-order valence-electron chi connectivity index (χ3n) is 6.56. The van der Waals surface area contributed by atoms with Crippen molar-refractivity contribution in [2.45, 2.75) is 50.0 Å². The fourth-order valence-electron chi connectivity index (χ4n) is 5.97. The first-order valence-electron chi connectivity index (χ1n) is 9.33. The molecule has 0 saturated heterocycles.